The third-order valence-corrected chi connectivity index (χ3v) is 5.74. The topological polar surface area (TPSA) is 55.4 Å². The van der Waals surface area contributed by atoms with E-state index in [1.807, 2.05) is 18.2 Å². The van der Waals surface area contributed by atoms with Gasteiger partial charge in [-0.2, -0.15) is 0 Å². The number of hydrogen-bond donors (Lipinski definition) is 1. The van der Waals surface area contributed by atoms with E-state index in [1.54, 1.807) is 12.1 Å². The van der Waals surface area contributed by atoms with E-state index in [-0.39, 0.29) is 12.5 Å². The van der Waals surface area contributed by atoms with Crippen molar-refractivity contribution in [2.24, 2.45) is 5.92 Å². The van der Waals surface area contributed by atoms with Crippen molar-refractivity contribution in [3.05, 3.63) is 50.1 Å². The van der Waals surface area contributed by atoms with Gasteiger partial charge in [-0.3, -0.25) is 4.79 Å². The number of hydrogen-bond acceptors (Lipinski definition) is 4. The summed E-state index contributed by atoms with van der Waals surface area (Å²) in [6, 6.07) is 9.14. The fourth-order valence-electron chi connectivity index (χ4n) is 2.74. The Balaban J connectivity index is 1.53. The minimum atomic E-state index is -0.423. The molecule has 1 atom stereocenters. The first-order valence-electron chi connectivity index (χ1n) is 7.85. The van der Waals surface area contributed by atoms with E-state index >= 15 is 0 Å². The predicted octanol–water partition coefficient (Wildman–Crippen LogP) is 4.43. The van der Waals surface area contributed by atoms with E-state index in [0.717, 1.165) is 23.7 Å². The molecule has 4 nitrogen and oxygen atoms in total. The monoisotopic (exact) mass is 407 g/mol. The van der Waals surface area contributed by atoms with E-state index < -0.39 is 5.97 Å². The maximum Gasteiger partial charge on any atom is 0.348 e. The smallest absolute Gasteiger partial charge is 0.348 e. The SMILES string of the molecule is C[C@H]1CCc2sc(C(=O)OCC(=O)Nc3ccc(Br)cc3)cc2C1. The summed E-state index contributed by atoms with van der Waals surface area (Å²) >= 11 is 4.83. The maximum absolute atomic E-state index is 12.1. The molecule has 3 rings (SSSR count). The summed E-state index contributed by atoms with van der Waals surface area (Å²) in [5.74, 6) is -0.110. The normalized spacial score (nSPS) is 16.3. The van der Waals surface area contributed by atoms with E-state index in [9.17, 15) is 9.59 Å². The number of amides is 1. The summed E-state index contributed by atoms with van der Waals surface area (Å²) in [5, 5.41) is 2.70. The first-order chi connectivity index (χ1) is 11.5. The molecule has 0 saturated heterocycles. The number of rotatable bonds is 4. The number of carbonyl (C=O) groups is 2. The highest BCUT2D eigenvalue weighted by Gasteiger charge is 2.21. The molecular formula is C18H18BrNO3S. The molecule has 0 bridgehead atoms. The minimum Gasteiger partial charge on any atom is -0.451 e. The van der Waals surface area contributed by atoms with Gasteiger partial charge in [0.15, 0.2) is 6.61 Å². The number of benzene rings is 1. The number of aryl methyl sites for hydroxylation is 1. The fourth-order valence-corrected chi connectivity index (χ4v) is 4.11. The molecule has 0 aliphatic heterocycles. The standard InChI is InChI=1S/C18H18BrNO3S/c1-11-2-7-15-12(8-11)9-16(24-15)18(22)23-10-17(21)20-14-5-3-13(19)4-6-14/h3-6,9,11H,2,7-8,10H2,1H3,(H,20,21)/t11-/m0/s1. The van der Waals surface area contributed by atoms with Gasteiger partial charge in [-0.15, -0.1) is 11.3 Å². The molecule has 0 radical (unpaired) electrons. The molecule has 1 aromatic heterocycles. The Hall–Kier alpha value is -1.66. The van der Waals surface area contributed by atoms with Gasteiger partial charge >= 0.3 is 5.97 Å². The third kappa shape index (κ3) is 4.24. The van der Waals surface area contributed by atoms with E-state index in [4.69, 9.17) is 4.74 Å². The predicted molar refractivity (Wildman–Crippen MR) is 98.6 cm³/mol. The largest absolute Gasteiger partial charge is 0.451 e. The average molecular weight is 408 g/mol. The van der Waals surface area contributed by atoms with Crippen LogP contribution in [0, 0.1) is 5.92 Å². The van der Waals surface area contributed by atoms with Crippen LogP contribution in [0.15, 0.2) is 34.8 Å². The second-order valence-electron chi connectivity index (χ2n) is 6.04. The lowest BCUT2D eigenvalue weighted by Crippen LogP contribution is -2.20. The van der Waals surface area contributed by atoms with Crippen molar-refractivity contribution >= 4 is 44.8 Å². The van der Waals surface area contributed by atoms with Crippen LogP contribution in [0.4, 0.5) is 5.69 Å². The molecule has 1 aliphatic carbocycles. The summed E-state index contributed by atoms with van der Waals surface area (Å²) in [4.78, 5) is 25.9. The Morgan fingerprint density at radius 3 is 2.83 bits per heavy atom. The van der Waals surface area contributed by atoms with E-state index in [2.05, 4.69) is 28.2 Å². The van der Waals surface area contributed by atoms with Crippen LogP contribution in [0.1, 0.15) is 33.5 Å². The molecule has 1 N–H and O–H groups in total. The number of nitrogens with one attached hydrogen (secondary N) is 1. The highest BCUT2D eigenvalue weighted by Crippen LogP contribution is 2.32. The van der Waals surface area contributed by atoms with Crippen LogP contribution in [0.3, 0.4) is 0 Å². The molecule has 0 saturated carbocycles. The van der Waals surface area contributed by atoms with Gasteiger partial charge in [-0.1, -0.05) is 22.9 Å². The summed E-state index contributed by atoms with van der Waals surface area (Å²) < 4.78 is 6.07. The number of carbonyl (C=O) groups excluding carboxylic acids is 2. The average Bonchev–Trinajstić information content (AvgIpc) is 2.98. The van der Waals surface area contributed by atoms with Crippen molar-refractivity contribution < 1.29 is 14.3 Å². The molecule has 6 heteroatoms. The molecule has 1 aliphatic rings. The second-order valence-corrected chi connectivity index (χ2v) is 8.09. The quantitative estimate of drug-likeness (QED) is 0.762. The first kappa shape index (κ1) is 17.2. The Morgan fingerprint density at radius 1 is 1.33 bits per heavy atom. The number of esters is 1. The Kier molecular flexibility index (Phi) is 5.36. The molecule has 0 unspecified atom stereocenters. The Bertz CT molecular complexity index is 754. The number of anilines is 1. The van der Waals surface area contributed by atoms with Gasteiger partial charge in [-0.05, 0) is 61.1 Å². The molecular weight excluding hydrogens is 390 g/mol. The molecule has 1 aromatic carbocycles. The molecule has 24 heavy (non-hydrogen) atoms. The number of halogens is 1. The van der Waals surface area contributed by atoms with Gasteiger partial charge < -0.3 is 10.1 Å². The summed E-state index contributed by atoms with van der Waals surface area (Å²) in [5.41, 5.74) is 1.92. The molecule has 0 fully saturated rings. The Labute approximate surface area is 153 Å². The summed E-state index contributed by atoms with van der Waals surface area (Å²) in [6.45, 7) is 1.94. The minimum absolute atomic E-state index is 0.284. The fraction of sp³-hybridized carbons (Fsp3) is 0.333. The van der Waals surface area contributed by atoms with Crippen LogP contribution in [0.25, 0.3) is 0 Å². The van der Waals surface area contributed by atoms with Gasteiger partial charge in [0, 0.05) is 15.0 Å². The maximum atomic E-state index is 12.1. The van der Waals surface area contributed by atoms with Gasteiger partial charge in [0.1, 0.15) is 4.88 Å². The summed E-state index contributed by atoms with van der Waals surface area (Å²) in [7, 11) is 0. The summed E-state index contributed by atoms with van der Waals surface area (Å²) in [6.07, 6.45) is 3.21. The van der Waals surface area contributed by atoms with Crippen molar-refractivity contribution in [1.29, 1.82) is 0 Å². The lowest BCUT2D eigenvalue weighted by atomic mass is 9.90. The molecule has 2 aromatic rings. The second kappa shape index (κ2) is 7.49. The van der Waals surface area contributed by atoms with Crippen LogP contribution in [0.5, 0.6) is 0 Å². The van der Waals surface area contributed by atoms with Gasteiger partial charge in [-0.25, -0.2) is 4.79 Å². The third-order valence-electron chi connectivity index (χ3n) is 3.99. The lowest BCUT2D eigenvalue weighted by Gasteiger charge is -2.16. The molecule has 1 amide bonds. The van der Waals surface area contributed by atoms with E-state index in [1.165, 1.54) is 21.8 Å². The van der Waals surface area contributed by atoms with Crippen LogP contribution >= 0.6 is 27.3 Å². The van der Waals surface area contributed by atoms with Gasteiger partial charge in [0.2, 0.25) is 0 Å². The molecule has 1 heterocycles. The lowest BCUT2D eigenvalue weighted by molar-refractivity contribution is -0.119. The van der Waals surface area contributed by atoms with Crippen LogP contribution in [-0.2, 0) is 22.4 Å². The Morgan fingerprint density at radius 2 is 2.08 bits per heavy atom. The number of ether oxygens (including phenoxy) is 1. The highest BCUT2D eigenvalue weighted by molar-refractivity contribution is 9.10. The number of thiophene rings is 1. The highest BCUT2D eigenvalue weighted by atomic mass is 79.9. The van der Waals surface area contributed by atoms with Gasteiger partial charge in [0.05, 0.1) is 0 Å². The van der Waals surface area contributed by atoms with Crippen molar-refractivity contribution in [2.75, 3.05) is 11.9 Å². The van der Waals surface area contributed by atoms with Gasteiger partial charge in [0.25, 0.3) is 5.91 Å². The van der Waals surface area contributed by atoms with Crippen molar-refractivity contribution in [3.63, 3.8) is 0 Å². The van der Waals surface area contributed by atoms with Crippen LogP contribution in [-0.4, -0.2) is 18.5 Å². The molecule has 0 spiro atoms. The first-order valence-corrected chi connectivity index (χ1v) is 9.46. The van der Waals surface area contributed by atoms with Crippen LogP contribution < -0.4 is 5.32 Å². The van der Waals surface area contributed by atoms with Crippen LogP contribution in [0.2, 0.25) is 0 Å². The van der Waals surface area contributed by atoms with E-state index in [0.29, 0.717) is 16.5 Å². The zero-order valence-electron chi connectivity index (χ0n) is 13.3. The number of fused-ring (bicyclic) bond motifs is 1. The molecule has 126 valence electrons. The zero-order chi connectivity index (χ0) is 17.1. The van der Waals surface area contributed by atoms with Crippen molar-refractivity contribution in [1.82, 2.24) is 0 Å². The zero-order valence-corrected chi connectivity index (χ0v) is 15.7. The van der Waals surface area contributed by atoms with Crippen molar-refractivity contribution in [3.8, 4) is 0 Å². The van der Waals surface area contributed by atoms with Crippen molar-refractivity contribution in [2.45, 2.75) is 26.2 Å².